The van der Waals surface area contributed by atoms with E-state index in [0.29, 0.717) is 5.92 Å². The molecular weight excluding hydrogens is 242 g/mol. The van der Waals surface area contributed by atoms with Gasteiger partial charge in [-0.25, -0.2) is 0 Å². The summed E-state index contributed by atoms with van der Waals surface area (Å²) in [5.74, 6) is 0.694. The predicted molar refractivity (Wildman–Crippen MR) is 85.9 cm³/mol. The van der Waals surface area contributed by atoms with Crippen LogP contribution >= 0.6 is 0 Å². The van der Waals surface area contributed by atoms with Gasteiger partial charge >= 0.3 is 0 Å². The Bertz CT molecular complexity index is 638. The maximum Gasteiger partial charge on any atom is 0.0665 e. The molecule has 1 aliphatic rings. The van der Waals surface area contributed by atoms with Gasteiger partial charge in [-0.05, 0) is 54.0 Å². The van der Waals surface area contributed by atoms with Crippen molar-refractivity contribution in [3.8, 4) is 0 Å². The van der Waals surface area contributed by atoms with Gasteiger partial charge in [0.2, 0.25) is 0 Å². The first-order valence-corrected chi connectivity index (χ1v) is 7.47. The first kappa shape index (κ1) is 13.1. The molecule has 0 spiro atoms. The zero-order chi connectivity index (χ0) is 13.9. The van der Waals surface area contributed by atoms with Crippen molar-refractivity contribution in [1.82, 2.24) is 0 Å². The van der Waals surface area contributed by atoms with Crippen molar-refractivity contribution >= 4 is 11.4 Å². The van der Waals surface area contributed by atoms with Gasteiger partial charge in [0.1, 0.15) is 0 Å². The Morgan fingerprint density at radius 2 is 1.85 bits per heavy atom. The average Bonchev–Trinajstić information content (AvgIpc) is 2.46. The zero-order valence-corrected chi connectivity index (χ0v) is 12.3. The predicted octanol–water partition coefficient (Wildman–Crippen LogP) is 4.95. The second-order valence-corrected chi connectivity index (χ2v) is 5.99. The fourth-order valence-corrected chi connectivity index (χ4v) is 2.84. The van der Waals surface area contributed by atoms with Crippen molar-refractivity contribution in [1.29, 1.82) is 0 Å². The number of aliphatic imine (C=N–C) groups is 1. The number of fused-ring (bicyclic) bond motifs is 1. The third-order valence-electron chi connectivity index (χ3n) is 3.78. The minimum Gasteiger partial charge on any atom is -0.253 e. The molecule has 0 N–H and O–H groups in total. The lowest BCUT2D eigenvalue weighted by atomic mass is 9.94. The van der Waals surface area contributed by atoms with Gasteiger partial charge in [0.05, 0.1) is 5.69 Å². The minimum absolute atomic E-state index is 0.694. The number of hydrogen-bond acceptors (Lipinski definition) is 1. The van der Waals surface area contributed by atoms with Crippen molar-refractivity contribution in [3.63, 3.8) is 0 Å². The van der Waals surface area contributed by atoms with Crippen LogP contribution in [0, 0.1) is 5.92 Å². The van der Waals surface area contributed by atoms with Crippen LogP contribution in [0.5, 0.6) is 0 Å². The van der Waals surface area contributed by atoms with Crippen LogP contribution in [0.2, 0.25) is 0 Å². The summed E-state index contributed by atoms with van der Waals surface area (Å²) in [5.41, 5.74) is 6.45. The normalized spacial score (nSPS) is 14.1. The summed E-state index contributed by atoms with van der Waals surface area (Å²) in [6.45, 7) is 4.53. The van der Waals surface area contributed by atoms with Crippen molar-refractivity contribution in [2.45, 2.75) is 33.1 Å². The van der Waals surface area contributed by atoms with Crippen LogP contribution in [-0.2, 0) is 12.8 Å². The summed E-state index contributed by atoms with van der Waals surface area (Å²) in [6, 6.07) is 17.4. The molecule has 0 atom stereocenters. The van der Waals surface area contributed by atoms with Crippen LogP contribution in [0.3, 0.4) is 0 Å². The van der Waals surface area contributed by atoms with E-state index in [1.807, 2.05) is 0 Å². The average molecular weight is 263 g/mol. The molecule has 0 radical (unpaired) electrons. The SMILES string of the molecule is CC(C)Cc1cccc(C2=Nc3ccccc3CC2)c1. The number of hydrogen-bond donors (Lipinski definition) is 0. The van der Waals surface area contributed by atoms with Crippen molar-refractivity contribution in [2.24, 2.45) is 10.9 Å². The molecule has 0 aromatic heterocycles. The molecule has 1 heterocycles. The van der Waals surface area contributed by atoms with Crippen LogP contribution in [0.25, 0.3) is 0 Å². The zero-order valence-electron chi connectivity index (χ0n) is 12.3. The third kappa shape index (κ3) is 2.82. The molecule has 20 heavy (non-hydrogen) atoms. The molecule has 2 aromatic carbocycles. The highest BCUT2D eigenvalue weighted by Gasteiger charge is 2.13. The van der Waals surface area contributed by atoms with E-state index in [9.17, 15) is 0 Å². The standard InChI is InChI=1S/C19H21N/c1-14(2)12-15-6-5-8-17(13-15)19-11-10-16-7-3-4-9-18(16)20-19/h3-9,13-14H,10-12H2,1-2H3. The summed E-state index contributed by atoms with van der Waals surface area (Å²) in [6.07, 6.45) is 3.28. The Hall–Kier alpha value is -1.89. The molecule has 0 aliphatic carbocycles. The molecule has 102 valence electrons. The molecule has 0 unspecified atom stereocenters. The number of nitrogens with zero attached hydrogens (tertiary/aromatic N) is 1. The van der Waals surface area contributed by atoms with Crippen LogP contribution in [0.1, 0.15) is 37.0 Å². The fraction of sp³-hybridized carbons (Fsp3) is 0.316. The smallest absolute Gasteiger partial charge is 0.0665 e. The Balaban J connectivity index is 1.92. The lowest BCUT2D eigenvalue weighted by Gasteiger charge is -2.16. The molecule has 3 rings (SSSR count). The van der Waals surface area contributed by atoms with Crippen LogP contribution in [0.4, 0.5) is 5.69 Å². The summed E-state index contributed by atoms with van der Waals surface area (Å²) >= 11 is 0. The Kier molecular flexibility index (Phi) is 3.68. The second-order valence-electron chi connectivity index (χ2n) is 5.99. The van der Waals surface area contributed by atoms with E-state index in [-0.39, 0.29) is 0 Å². The van der Waals surface area contributed by atoms with Gasteiger partial charge in [0.15, 0.2) is 0 Å². The quantitative estimate of drug-likeness (QED) is 0.742. The first-order valence-electron chi connectivity index (χ1n) is 7.47. The van der Waals surface area contributed by atoms with Crippen molar-refractivity contribution in [2.75, 3.05) is 0 Å². The monoisotopic (exact) mass is 263 g/mol. The van der Waals surface area contributed by atoms with Crippen molar-refractivity contribution < 1.29 is 0 Å². The van der Waals surface area contributed by atoms with Crippen LogP contribution < -0.4 is 0 Å². The molecule has 1 aliphatic heterocycles. The maximum absolute atomic E-state index is 4.85. The van der Waals surface area contributed by atoms with Gasteiger partial charge in [0, 0.05) is 5.71 Å². The molecule has 1 nitrogen and oxygen atoms in total. The molecule has 0 amide bonds. The van der Waals surface area contributed by atoms with E-state index in [1.54, 1.807) is 0 Å². The number of benzene rings is 2. The van der Waals surface area contributed by atoms with E-state index in [0.717, 1.165) is 24.9 Å². The van der Waals surface area contributed by atoms with E-state index in [4.69, 9.17) is 4.99 Å². The van der Waals surface area contributed by atoms with Crippen molar-refractivity contribution in [3.05, 3.63) is 65.2 Å². The summed E-state index contributed by atoms with van der Waals surface area (Å²) in [4.78, 5) is 4.85. The molecule has 1 heteroatoms. The highest BCUT2D eigenvalue weighted by molar-refractivity contribution is 6.03. The van der Waals surface area contributed by atoms with Crippen LogP contribution in [-0.4, -0.2) is 5.71 Å². The van der Waals surface area contributed by atoms with Gasteiger partial charge in [-0.15, -0.1) is 0 Å². The highest BCUT2D eigenvalue weighted by atomic mass is 14.8. The first-order chi connectivity index (χ1) is 9.72. The lowest BCUT2D eigenvalue weighted by molar-refractivity contribution is 0.647. The van der Waals surface area contributed by atoms with Gasteiger partial charge in [-0.1, -0.05) is 50.2 Å². The Morgan fingerprint density at radius 3 is 2.70 bits per heavy atom. The minimum atomic E-state index is 0.694. The Labute approximate surface area is 121 Å². The highest BCUT2D eigenvalue weighted by Crippen LogP contribution is 2.27. The summed E-state index contributed by atoms with van der Waals surface area (Å²) < 4.78 is 0. The van der Waals surface area contributed by atoms with Crippen LogP contribution in [0.15, 0.2) is 53.5 Å². The van der Waals surface area contributed by atoms with Gasteiger partial charge in [-0.2, -0.15) is 0 Å². The van der Waals surface area contributed by atoms with E-state index in [2.05, 4.69) is 62.4 Å². The third-order valence-corrected chi connectivity index (χ3v) is 3.78. The lowest BCUT2D eigenvalue weighted by Crippen LogP contribution is -2.08. The second kappa shape index (κ2) is 5.62. The van der Waals surface area contributed by atoms with E-state index in [1.165, 1.54) is 22.4 Å². The molecular formula is C19H21N. The fourth-order valence-electron chi connectivity index (χ4n) is 2.84. The molecule has 0 bridgehead atoms. The summed E-state index contributed by atoms with van der Waals surface area (Å²) in [5, 5.41) is 0. The topological polar surface area (TPSA) is 12.4 Å². The molecule has 0 saturated carbocycles. The molecule has 2 aromatic rings. The number of rotatable bonds is 3. The van der Waals surface area contributed by atoms with E-state index >= 15 is 0 Å². The number of para-hydroxylation sites is 1. The number of aryl methyl sites for hydroxylation is 1. The molecule has 0 saturated heterocycles. The molecule has 0 fully saturated rings. The van der Waals surface area contributed by atoms with E-state index < -0.39 is 0 Å². The Morgan fingerprint density at radius 1 is 1.00 bits per heavy atom. The van der Waals surface area contributed by atoms with Gasteiger partial charge in [0.25, 0.3) is 0 Å². The van der Waals surface area contributed by atoms with Gasteiger partial charge < -0.3 is 0 Å². The largest absolute Gasteiger partial charge is 0.253 e. The van der Waals surface area contributed by atoms with Gasteiger partial charge in [-0.3, -0.25) is 4.99 Å². The summed E-state index contributed by atoms with van der Waals surface area (Å²) in [7, 11) is 0. The maximum atomic E-state index is 4.85.